The molecule has 0 saturated carbocycles. The highest BCUT2D eigenvalue weighted by Gasteiger charge is 2.31. The van der Waals surface area contributed by atoms with Crippen molar-refractivity contribution in [2.24, 2.45) is 0 Å². The number of carbonyl (C=O) groups is 1. The Bertz CT molecular complexity index is 386. The van der Waals surface area contributed by atoms with Crippen LogP contribution in [0.25, 0.3) is 0 Å². The number of carbonyl (C=O) groups excluding carboxylic acids is 1. The smallest absolute Gasteiger partial charge is 0.416 e. The number of unbranched alkanes of at least 4 members (excludes halogenated alkanes) is 1. The molecule has 5 heteroatoms. The minimum atomic E-state index is -4.43. The van der Waals surface area contributed by atoms with Crippen LogP contribution in [0.5, 0.6) is 5.75 Å². The molecule has 94 valence electrons. The Morgan fingerprint density at radius 1 is 1.35 bits per heavy atom. The molecular formula is C12H13F3O2. The molecule has 0 saturated heterocycles. The summed E-state index contributed by atoms with van der Waals surface area (Å²) in [6, 6.07) is 2.85. The van der Waals surface area contributed by atoms with E-state index in [1.165, 1.54) is 0 Å². The van der Waals surface area contributed by atoms with Gasteiger partial charge in [-0.25, -0.2) is 0 Å². The van der Waals surface area contributed by atoms with Gasteiger partial charge < -0.3 is 4.74 Å². The van der Waals surface area contributed by atoms with Crippen LogP contribution in [0.2, 0.25) is 0 Å². The van der Waals surface area contributed by atoms with Gasteiger partial charge in [-0.1, -0.05) is 13.3 Å². The Morgan fingerprint density at radius 3 is 2.59 bits per heavy atom. The maximum absolute atomic E-state index is 12.4. The van der Waals surface area contributed by atoms with Crippen LogP contribution in [0.3, 0.4) is 0 Å². The molecule has 0 unspecified atom stereocenters. The zero-order chi connectivity index (χ0) is 12.9. The molecule has 0 aliphatic carbocycles. The first kappa shape index (κ1) is 13.5. The van der Waals surface area contributed by atoms with E-state index in [9.17, 15) is 18.0 Å². The SMILES string of the molecule is CCCCOc1cc(C(F)(F)F)ccc1C=O. The van der Waals surface area contributed by atoms with E-state index in [1.807, 2.05) is 6.92 Å². The fraction of sp³-hybridized carbons (Fsp3) is 0.417. The van der Waals surface area contributed by atoms with Crippen molar-refractivity contribution in [2.75, 3.05) is 6.61 Å². The molecule has 0 heterocycles. The monoisotopic (exact) mass is 246 g/mol. The molecule has 0 amide bonds. The molecule has 0 fully saturated rings. The number of ether oxygens (including phenoxy) is 1. The predicted octanol–water partition coefficient (Wildman–Crippen LogP) is 3.70. The summed E-state index contributed by atoms with van der Waals surface area (Å²) in [4.78, 5) is 10.7. The minimum absolute atomic E-state index is 0.0109. The van der Waals surface area contributed by atoms with Crippen LogP contribution >= 0.6 is 0 Å². The summed E-state index contributed by atoms with van der Waals surface area (Å²) in [5, 5.41) is 0. The molecule has 1 rings (SSSR count). The summed E-state index contributed by atoms with van der Waals surface area (Å²) in [7, 11) is 0. The van der Waals surface area contributed by atoms with E-state index in [4.69, 9.17) is 4.74 Å². The van der Waals surface area contributed by atoms with Crippen LogP contribution in [0.1, 0.15) is 35.7 Å². The van der Waals surface area contributed by atoms with Gasteiger partial charge in [-0.05, 0) is 24.6 Å². The van der Waals surface area contributed by atoms with Gasteiger partial charge >= 0.3 is 6.18 Å². The molecule has 17 heavy (non-hydrogen) atoms. The third-order valence-electron chi connectivity index (χ3n) is 2.22. The van der Waals surface area contributed by atoms with Crippen LogP contribution < -0.4 is 4.74 Å². The van der Waals surface area contributed by atoms with Gasteiger partial charge in [-0.15, -0.1) is 0 Å². The van der Waals surface area contributed by atoms with Crippen molar-refractivity contribution >= 4 is 6.29 Å². The summed E-state index contributed by atoms with van der Waals surface area (Å²) in [5.41, 5.74) is -0.677. The van der Waals surface area contributed by atoms with E-state index in [-0.39, 0.29) is 11.3 Å². The molecule has 0 bridgehead atoms. The van der Waals surface area contributed by atoms with Crippen molar-refractivity contribution in [3.05, 3.63) is 29.3 Å². The Morgan fingerprint density at radius 2 is 2.06 bits per heavy atom. The van der Waals surface area contributed by atoms with E-state index in [1.54, 1.807) is 0 Å². The van der Waals surface area contributed by atoms with Crippen molar-refractivity contribution in [3.63, 3.8) is 0 Å². The maximum atomic E-state index is 12.4. The number of aldehydes is 1. The molecule has 1 aromatic carbocycles. The Labute approximate surface area is 97.4 Å². The molecule has 0 aromatic heterocycles. The van der Waals surface area contributed by atoms with Gasteiger partial charge in [-0.2, -0.15) is 13.2 Å². The second-order valence-electron chi connectivity index (χ2n) is 3.57. The molecule has 0 spiro atoms. The van der Waals surface area contributed by atoms with Crippen molar-refractivity contribution in [1.82, 2.24) is 0 Å². The number of halogens is 3. The standard InChI is InChI=1S/C12H13F3O2/c1-2-3-6-17-11-7-10(12(13,14)15)5-4-9(11)8-16/h4-5,7-8H,2-3,6H2,1H3. The van der Waals surface area contributed by atoms with Gasteiger partial charge in [0.1, 0.15) is 5.75 Å². The van der Waals surface area contributed by atoms with Gasteiger partial charge in [0.05, 0.1) is 17.7 Å². The van der Waals surface area contributed by atoms with E-state index in [0.717, 1.165) is 31.0 Å². The summed E-state index contributed by atoms with van der Waals surface area (Å²) in [5.74, 6) is -0.0109. The fourth-order valence-electron chi connectivity index (χ4n) is 1.26. The minimum Gasteiger partial charge on any atom is -0.493 e. The topological polar surface area (TPSA) is 26.3 Å². The lowest BCUT2D eigenvalue weighted by Gasteiger charge is -2.11. The van der Waals surface area contributed by atoms with Crippen LogP contribution in [0, 0.1) is 0 Å². The van der Waals surface area contributed by atoms with E-state index >= 15 is 0 Å². The average Bonchev–Trinajstić information content (AvgIpc) is 2.28. The lowest BCUT2D eigenvalue weighted by Crippen LogP contribution is -2.07. The normalized spacial score (nSPS) is 11.3. The number of rotatable bonds is 5. The first-order valence-corrected chi connectivity index (χ1v) is 5.28. The van der Waals surface area contributed by atoms with Gasteiger partial charge in [0, 0.05) is 0 Å². The summed E-state index contributed by atoms with van der Waals surface area (Å²) in [6.45, 7) is 2.24. The first-order valence-electron chi connectivity index (χ1n) is 5.28. The van der Waals surface area contributed by atoms with E-state index in [2.05, 4.69) is 0 Å². The van der Waals surface area contributed by atoms with E-state index in [0.29, 0.717) is 12.9 Å². The summed E-state index contributed by atoms with van der Waals surface area (Å²) in [6.07, 6.45) is -2.34. The number of hydrogen-bond donors (Lipinski definition) is 0. The largest absolute Gasteiger partial charge is 0.493 e. The second-order valence-corrected chi connectivity index (χ2v) is 3.57. The number of hydrogen-bond acceptors (Lipinski definition) is 2. The molecule has 1 aromatic rings. The zero-order valence-electron chi connectivity index (χ0n) is 9.38. The highest BCUT2D eigenvalue weighted by molar-refractivity contribution is 5.79. The summed E-state index contributed by atoms with van der Waals surface area (Å²) >= 11 is 0. The Balaban J connectivity index is 2.94. The summed E-state index contributed by atoms with van der Waals surface area (Å²) < 4.78 is 42.5. The molecule has 0 aliphatic rings. The van der Waals surface area contributed by atoms with Crippen molar-refractivity contribution in [2.45, 2.75) is 25.9 Å². The fourth-order valence-corrected chi connectivity index (χ4v) is 1.26. The van der Waals surface area contributed by atoms with Gasteiger partial charge in [0.2, 0.25) is 0 Å². The number of alkyl halides is 3. The van der Waals surface area contributed by atoms with E-state index < -0.39 is 11.7 Å². The third-order valence-corrected chi connectivity index (χ3v) is 2.22. The van der Waals surface area contributed by atoms with Crippen molar-refractivity contribution in [1.29, 1.82) is 0 Å². The van der Waals surface area contributed by atoms with Crippen molar-refractivity contribution in [3.8, 4) is 5.75 Å². The molecule has 0 atom stereocenters. The highest BCUT2D eigenvalue weighted by Crippen LogP contribution is 2.32. The zero-order valence-corrected chi connectivity index (χ0v) is 9.38. The van der Waals surface area contributed by atoms with Crippen molar-refractivity contribution < 1.29 is 22.7 Å². The average molecular weight is 246 g/mol. The molecule has 0 radical (unpaired) electrons. The molecular weight excluding hydrogens is 233 g/mol. The highest BCUT2D eigenvalue weighted by atomic mass is 19.4. The third kappa shape index (κ3) is 3.76. The Kier molecular flexibility index (Phi) is 4.54. The van der Waals surface area contributed by atoms with Crippen LogP contribution in [0.15, 0.2) is 18.2 Å². The predicted molar refractivity (Wildman–Crippen MR) is 57.2 cm³/mol. The second kappa shape index (κ2) is 5.70. The van der Waals surface area contributed by atoms with Gasteiger partial charge in [-0.3, -0.25) is 4.79 Å². The quantitative estimate of drug-likeness (QED) is 0.585. The lowest BCUT2D eigenvalue weighted by atomic mass is 10.1. The van der Waals surface area contributed by atoms with Crippen LogP contribution in [-0.2, 0) is 6.18 Å². The van der Waals surface area contributed by atoms with Crippen LogP contribution in [-0.4, -0.2) is 12.9 Å². The lowest BCUT2D eigenvalue weighted by molar-refractivity contribution is -0.137. The molecule has 2 nitrogen and oxygen atoms in total. The first-order chi connectivity index (χ1) is 7.99. The molecule has 0 N–H and O–H groups in total. The van der Waals surface area contributed by atoms with Gasteiger partial charge in [0.25, 0.3) is 0 Å². The Hall–Kier alpha value is -1.52. The van der Waals surface area contributed by atoms with Crippen LogP contribution in [0.4, 0.5) is 13.2 Å². The van der Waals surface area contributed by atoms with Gasteiger partial charge in [0.15, 0.2) is 6.29 Å². The number of benzene rings is 1. The maximum Gasteiger partial charge on any atom is 0.416 e. The molecule has 0 aliphatic heterocycles.